The molecule has 0 fully saturated rings. The molecule has 0 aromatic heterocycles. The Hall–Kier alpha value is -1.87. The fourth-order valence-corrected chi connectivity index (χ4v) is 1.90. The predicted molar refractivity (Wildman–Crippen MR) is 75.1 cm³/mol. The topological polar surface area (TPSA) is 21.3 Å². The molecular weight excluding hydrogens is 241 g/mol. The molecular formula is C16H18FNO. The molecule has 0 spiro atoms. The van der Waals surface area contributed by atoms with Crippen LogP contribution < -0.4 is 10.1 Å². The lowest BCUT2D eigenvalue weighted by Gasteiger charge is -2.09. The highest BCUT2D eigenvalue weighted by Gasteiger charge is 2.06. The van der Waals surface area contributed by atoms with Crippen molar-refractivity contribution in [2.75, 3.05) is 7.05 Å². The molecule has 0 amide bonds. The largest absolute Gasteiger partial charge is 0.454 e. The molecule has 0 saturated carbocycles. The highest BCUT2D eigenvalue weighted by atomic mass is 19.1. The third-order valence-corrected chi connectivity index (χ3v) is 2.91. The van der Waals surface area contributed by atoms with E-state index in [0.717, 1.165) is 12.0 Å². The van der Waals surface area contributed by atoms with Crippen LogP contribution >= 0.6 is 0 Å². The summed E-state index contributed by atoms with van der Waals surface area (Å²) in [5, 5.41) is 2.99. The van der Waals surface area contributed by atoms with Crippen LogP contribution in [0.5, 0.6) is 11.5 Å². The first-order valence-corrected chi connectivity index (χ1v) is 6.42. The molecule has 3 heteroatoms. The van der Waals surface area contributed by atoms with Crippen molar-refractivity contribution >= 4 is 0 Å². The Morgan fingerprint density at radius 2 is 1.95 bits per heavy atom. The zero-order valence-electron chi connectivity index (χ0n) is 11.2. The van der Waals surface area contributed by atoms with Gasteiger partial charge in [0, 0.05) is 6.54 Å². The van der Waals surface area contributed by atoms with Crippen LogP contribution in [0.25, 0.3) is 0 Å². The van der Waals surface area contributed by atoms with Crippen molar-refractivity contribution in [2.45, 2.75) is 19.9 Å². The van der Waals surface area contributed by atoms with Gasteiger partial charge in [-0.15, -0.1) is 0 Å². The highest BCUT2D eigenvalue weighted by molar-refractivity contribution is 5.36. The molecule has 1 N–H and O–H groups in total. The molecule has 19 heavy (non-hydrogen) atoms. The highest BCUT2D eigenvalue weighted by Crippen LogP contribution is 2.25. The number of halogens is 1. The van der Waals surface area contributed by atoms with Gasteiger partial charge >= 0.3 is 0 Å². The predicted octanol–water partition coefficient (Wildman–Crippen LogP) is 3.90. The molecule has 0 saturated heterocycles. The van der Waals surface area contributed by atoms with E-state index in [0.29, 0.717) is 12.3 Å². The number of benzene rings is 2. The van der Waals surface area contributed by atoms with Crippen LogP contribution in [-0.4, -0.2) is 7.05 Å². The van der Waals surface area contributed by atoms with Crippen molar-refractivity contribution in [1.82, 2.24) is 5.32 Å². The molecule has 0 radical (unpaired) electrons. The second-order valence-electron chi connectivity index (χ2n) is 4.40. The monoisotopic (exact) mass is 259 g/mol. The van der Waals surface area contributed by atoms with Gasteiger partial charge in [-0.1, -0.05) is 25.1 Å². The van der Waals surface area contributed by atoms with Crippen molar-refractivity contribution in [2.24, 2.45) is 0 Å². The Morgan fingerprint density at radius 1 is 1.11 bits per heavy atom. The summed E-state index contributed by atoms with van der Waals surface area (Å²) in [6, 6.07) is 12.7. The van der Waals surface area contributed by atoms with E-state index in [2.05, 4.69) is 12.2 Å². The van der Waals surface area contributed by atoms with E-state index in [1.807, 2.05) is 37.4 Å². The second kappa shape index (κ2) is 6.34. The van der Waals surface area contributed by atoms with Crippen molar-refractivity contribution in [3.05, 3.63) is 59.4 Å². The van der Waals surface area contributed by atoms with Crippen LogP contribution in [0.4, 0.5) is 4.39 Å². The van der Waals surface area contributed by atoms with Crippen LogP contribution in [-0.2, 0) is 13.0 Å². The summed E-state index contributed by atoms with van der Waals surface area (Å²) in [5.74, 6) is 0.586. The Labute approximate surface area is 113 Å². The van der Waals surface area contributed by atoms with Crippen molar-refractivity contribution < 1.29 is 9.13 Å². The summed E-state index contributed by atoms with van der Waals surface area (Å²) in [7, 11) is 1.83. The third-order valence-electron chi connectivity index (χ3n) is 2.91. The van der Waals surface area contributed by atoms with Gasteiger partial charge in [0.05, 0.1) is 0 Å². The lowest BCUT2D eigenvalue weighted by atomic mass is 10.1. The number of hydrogen-bond donors (Lipinski definition) is 1. The molecule has 2 aromatic rings. The first-order chi connectivity index (χ1) is 9.22. The maximum Gasteiger partial charge on any atom is 0.166 e. The van der Waals surface area contributed by atoms with E-state index < -0.39 is 0 Å². The average Bonchev–Trinajstić information content (AvgIpc) is 2.42. The maximum atomic E-state index is 13.9. The van der Waals surface area contributed by atoms with E-state index in [1.54, 1.807) is 6.07 Å². The minimum absolute atomic E-state index is 0.258. The molecule has 0 heterocycles. The van der Waals surface area contributed by atoms with Crippen molar-refractivity contribution in [3.8, 4) is 11.5 Å². The molecule has 2 nitrogen and oxygen atoms in total. The number of nitrogens with one attached hydrogen (secondary N) is 1. The van der Waals surface area contributed by atoms with Crippen LogP contribution in [0.15, 0.2) is 42.5 Å². The molecule has 0 atom stereocenters. The van der Waals surface area contributed by atoms with Gasteiger partial charge in [0.15, 0.2) is 11.6 Å². The molecule has 0 aliphatic carbocycles. The van der Waals surface area contributed by atoms with Gasteiger partial charge in [0.1, 0.15) is 5.75 Å². The average molecular weight is 259 g/mol. The maximum absolute atomic E-state index is 13.9. The van der Waals surface area contributed by atoms with Crippen LogP contribution in [0, 0.1) is 5.82 Å². The molecule has 100 valence electrons. The minimum Gasteiger partial charge on any atom is -0.454 e. The van der Waals surface area contributed by atoms with Crippen LogP contribution in [0.1, 0.15) is 18.1 Å². The number of ether oxygens (including phenoxy) is 1. The van der Waals surface area contributed by atoms with Crippen molar-refractivity contribution in [3.63, 3.8) is 0 Å². The van der Waals surface area contributed by atoms with E-state index in [-0.39, 0.29) is 11.6 Å². The Morgan fingerprint density at radius 3 is 2.63 bits per heavy atom. The summed E-state index contributed by atoms with van der Waals surface area (Å²) in [4.78, 5) is 0. The van der Waals surface area contributed by atoms with E-state index in [4.69, 9.17) is 4.74 Å². The smallest absolute Gasteiger partial charge is 0.166 e. The van der Waals surface area contributed by atoms with E-state index >= 15 is 0 Å². The summed E-state index contributed by atoms with van der Waals surface area (Å²) in [5.41, 5.74) is 2.07. The van der Waals surface area contributed by atoms with Gasteiger partial charge in [0.2, 0.25) is 0 Å². The number of aryl methyl sites for hydroxylation is 1. The Balaban J connectivity index is 2.18. The van der Waals surface area contributed by atoms with Crippen molar-refractivity contribution in [1.29, 1.82) is 0 Å². The molecule has 0 bridgehead atoms. The summed E-state index contributed by atoms with van der Waals surface area (Å²) >= 11 is 0. The summed E-state index contributed by atoms with van der Waals surface area (Å²) in [6.07, 6.45) is 0.931. The lowest BCUT2D eigenvalue weighted by Crippen LogP contribution is -2.05. The standard InChI is InChI=1S/C16H18FNO/c1-3-12-5-4-6-14(9-12)19-16-8-7-13(11-18-2)10-15(16)17/h4-10,18H,3,11H2,1-2H3. The van der Waals surface area contributed by atoms with Gasteiger partial charge in [0.25, 0.3) is 0 Å². The Bertz CT molecular complexity index is 554. The molecule has 0 aliphatic heterocycles. The third kappa shape index (κ3) is 3.55. The van der Waals surface area contributed by atoms with Gasteiger partial charge in [-0.05, 0) is 48.9 Å². The van der Waals surface area contributed by atoms with Gasteiger partial charge < -0.3 is 10.1 Å². The van der Waals surface area contributed by atoms with Crippen LogP contribution in [0.2, 0.25) is 0 Å². The number of hydrogen-bond acceptors (Lipinski definition) is 2. The van der Waals surface area contributed by atoms with Gasteiger partial charge in [-0.2, -0.15) is 0 Å². The van der Waals surface area contributed by atoms with Gasteiger partial charge in [-0.25, -0.2) is 4.39 Å². The van der Waals surface area contributed by atoms with Gasteiger partial charge in [-0.3, -0.25) is 0 Å². The van der Waals surface area contributed by atoms with E-state index in [1.165, 1.54) is 11.6 Å². The quantitative estimate of drug-likeness (QED) is 0.879. The van der Waals surface area contributed by atoms with E-state index in [9.17, 15) is 4.39 Å². The fraction of sp³-hybridized carbons (Fsp3) is 0.250. The second-order valence-corrected chi connectivity index (χ2v) is 4.40. The fourth-order valence-electron chi connectivity index (χ4n) is 1.90. The summed E-state index contributed by atoms with van der Waals surface area (Å²) in [6.45, 7) is 2.72. The zero-order valence-corrected chi connectivity index (χ0v) is 11.2. The molecule has 0 unspecified atom stereocenters. The number of rotatable bonds is 5. The SMILES string of the molecule is CCc1cccc(Oc2ccc(CNC)cc2F)c1. The first kappa shape index (κ1) is 13.6. The minimum atomic E-state index is -0.338. The summed E-state index contributed by atoms with van der Waals surface area (Å²) < 4.78 is 19.5. The molecule has 2 rings (SSSR count). The normalized spacial score (nSPS) is 10.5. The lowest BCUT2D eigenvalue weighted by molar-refractivity contribution is 0.441. The van der Waals surface area contributed by atoms with Crippen LogP contribution in [0.3, 0.4) is 0 Å². The Kier molecular flexibility index (Phi) is 4.53. The first-order valence-electron chi connectivity index (χ1n) is 6.42. The molecule has 2 aromatic carbocycles. The zero-order chi connectivity index (χ0) is 13.7. The molecule has 0 aliphatic rings.